The van der Waals surface area contributed by atoms with Crippen molar-refractivity contribution in [1.82, 2.24) is 24.9 Å². The number of aromatic nitrogens is 3. The van der Waals surface area contributed by atoms with Crippen LogP contribution >= 0.6 is 0 Å². The summed E-state index contributed by atoms with van der Waals surface area (Å²) in [4.78, 5) is 13.7. The van der Waals surface area contributed by atoms with Gasteiger partial charge in [0.2, 0.25) is 11.8 Å². The van der Waals surface area contributed by atoms with Crippen molar-refractivity contribution in [1.29, 1.82) is 0 Å². The molecule has 1 aliphatic heterocycles. The van der Waals surface area contributed by atoms with E-state index in [-0.39, 0.29) is 0 Å². The molecule has 1 unspecified atom stereocenters. The van der Waals surface area contributed by atoms with Crippen molar-refractivity contribution >= 4 is 0 Å². The highest BCUT2D eigenvalue weighted by Crippen LogP contribution is 2.38. The van der Waals surface area contributed by atoms with Gasteiger partial charge in [-0.05, 0) is 26.3 Å². The van der Waals surface area contributed by atoms with E-state index in [4.69, 9.17) is 8.94 Å². The lowest BCUT2D eigenvalue weighted by Gasteiger charge is -2.23. The van der Waals surface area contributed by atoms with E-state index in [0.29, 0.717) is 17.9 Å². The van der Waals surface area contributed by atoms with Crippen LogP contribution in [0.5, 0.6) is 0 Å². The number of rotatable bonds is 7. The van der Waals surface area contributed by atoms with Gasteiger partial charge < -0.3 is 8.94 Å². The summed E-state index contributed by atoms with van der Waals surface area (Å²) in [6.07, 6.45) is 5.37. The second kappa shape index (κ2) is 6.88. The normalized spacial score (nSPS) is 21.7. The molecule has 2 aromatic rings. The summed E-state index contributed by atoms with van der Waals surface area (Å²) in [5, 5.41) is 4.13. The molecular weight excluding hydrogens is 318 g/mol. The summed E-state index contributed by atoms with van der Waals surface area (Å²) in [7, 11) is 2.15. The zero-order chi connectivity index (χ0) is 17.4. The largest absolute Gasteiger partial charge is 0.444 e. The Kier molecular flexibility index (Phi) is 4.60. The third-order valence-electron chi connectivity index (χ3n) is 5.17. The summed E-state index contributed by atoms with van der Waals surface area (Å²) in [6.45, 7) is 7.84. The molecule has 4 rings (SSSR count). The highest BCUT2D eigenvalue weighted by Gasteiger charge is 2.31. The second-order valence-electron chi connectivity index (χ2n) is 7.73. The SMILES string of the molecule is CC(C)c1cnc(CN(C)C2CCN(Cc3noc(C4CC4)n3)C2)o1. The first-order chi connectivity index (χ1) is 12.1. The van der Waals surface area contributed by atoms with Gasteiger partial charge in [-0.25, -0.2) is 4.98 Å². The number of nitrogens with zero attached hydrogens (tertiary/aromatic N) is 5. The number of hydrogen-bond donors (Lipinski definition) is 0. The van der Waals surface area contributed by atoms with Crippen LogP contribution in [-0.2, 0) is 13.1 Å². The Morgan fingerprint density at radius 1 is 1.32 bits per heavy atom. The number of oxazole rings is 1. The first-order valence-corrected chi connectivity index (χ1v) is 9.28. The maximum Gasteiger partial charge on any atom is 0.229 e. The van der Waals surface area contributed by atoms with Crippen LogP contribution in [-0.4, -0.2) is 51.1 Å². The van der Waals surface area contributed by atoms with Gasteiger partial charge in [-0.1, -0.05) is 19.0 Å². The molecule has 1 saturated carbocycles. The third kappa shape index (κ3) is 3.93. The molecule has 25 heavy (non-hydrogen) atoms. The molecule has 1 atom stereocenters. The minimum atomic E-state index is 0.379. The molecule has 2 fully saturated rings. The standard InChI is InChI=1S/C18H27N5O2/c1-12(2)15-8-19-17(24-15)11-22(3)14-6-7-23(9-14)10-16-20-18(25-21-16)13-4-5-13/h8,12-14H,4-7,9-11H2,1-3H3. The lowest BCUT2D eigenvalue weighted by atomic mass is 10.2. The first-order valence-electron chi connectivity index (χ1n) is 9.28. The summed E-state index contributed by atoms with van der Waals surface area (Å²) < 4.78 is 11.2. The van der Waals surface area contributed by atoms with Crippen LogP contribution in [0.15, 0.2) is 15.1 Å². The smallest absolute Gasteiger partial charge is 0.229 e. The van der Waals surface area contributed by atoms with E-state index in [9.17, 15) is 0 Å². The van der Waals surface area contributed by atoms with Gasteiger partial charge in [0.15, 0.2) is 5.82 Å². The van der Waals surface area contributed by atoms with Crippen molar-refractivity contribution in [2.45, 2.75) is 64.1 Å². The van der Waals surface area contributed by atoms with Gasteiger partial charge in [0, 0.05) is 31.0 Å². The van der Waals surface area contributed by atoms with Crippen LogP contribution in [0.3, 0.4) is 0 Å². The number of hydrogen-bond acceptors (Lipinski definition) is 7. The van der Waals surface area contributed by atoms with Gasteiger partial charge in [-0.3, -0.25) is 9.80 Å². The van der Waals surface area contributed by atoms with E-state index in [1.165, 1.54) is 12.8 Å². The minimum Gasteiger partial charge on any atom is -0.444 e. The van der Waals surface area contributed by atoms with E-state index in [2.05, 4.69) is 45.8 Å². The van der Waals surface area contributed by atoms with E-state index >= 15 is 0 Å². The van der Waals surface area contributed by atoms with Crippen LogP contribution in [0.1, 0.15) is 68.3 Å². The second-order valence-corrected chi connectivity index (χ2v) is 7.73. The zero-order valence-electron chi connectivity index (χ0n) is 15.3. The Hall–Kier alpha value is -1.73. The Morgan fingerprint density at radius 2 is 2.16 bits per heavy atom. The predicted octanol–water partition coefficient (Wildman–Crippen LogP) is 2.76. The van der Waals surface area contributed by atoms with Crippen molar-refractivity contribution in [2.75, 3.05) is 20.1 Å². The number of likely N-dealkylation sites (N-methyl/N-ethyl adjacent to an activating group) is 1. The molecule has 2 aromatic heterocycles. The van der Waals surface area contributed by atoms with Gasteiger partial charge in [0.1, 0.15) is 5.76 Å². The molecule has 0 N–H and O–H groups in total. The monoisotopic (exact) mass is 345 g/mol. The van der Waals surface area contributed by atoms with Crippen LogP contribution in [0.25, 0.3) is 0 Å². The Balaban J connectivity index is 1.28. The van der Waals surface area contributed by atoms with E-state index in [0.717, 1.165) is 56.0 Å². The molecule has 0 amide bonds. The summed E-state index contributed by atoms with van der Waals surface area (Å²) in [5.74, 6) is 4.31. The Labute approximate surface area is 148 Å². The molecule has 2 aliphatic rings. The van der Waals surface area contributed by atoms with E-state index < -0.39 is 0 Å². The van der Waals surface area contributed by atoms with Gasteiger partial charge >= 0.3 is 0 Å². The fraction of sp³-hybridized carbons (Fsp3) is 0.722. The molecule has 136 valence electrons. The molecule has 0 bridgehead atoms. The van der Waals surface area contributed by atoms with Crippen molar-refractivity contribution in [3.8, 4) is 0 Å². The molecule has 0 radical (unpaired) electrons. The van der Waals surface area contributed by atoms with E-state index in [1.54, 1.807) is 0 Å². The maximum absolute atomic E-state index is 5.83. The van der Waals surface area contributed by atoms with Crippen molar-refractivity contribution < 1.29 is 8.94 Å². The molecule has 1 aliphatic carbocycles. The average molecular weight is 345 g/mol. The minimum absolute atomic E-state index is 0.379. The molecule has 7 heteroatoms. The average Bonchev–Trinajstić information content (AvgIpc) is 3.01. The van der Waals surface area contributed by atoms with Gasteiger partial charge in [0.05, 0.1) is 19.3 Å². The van der Waals surface area contributed by atoms with Crippen LogP contribution in [0.4, 0.5) is 0 Å². The van der Waals surface area contributed by atoms with Gasteiger partial charge in [0.25, 0.3) is 0 Å². The highest BCUT2D eigenvalue weighted by molar-refractivity contribution is 5.02. The van der Waals surface area contributed by atoms with Gasteiger partial charge in [-0.15, -0.1) is 0 Å². The predicted molar refractivity (Wildman–Crippen MR) is 92.0 cm³/mol. The zero-order valence-corrected chi connectivity index (χ0v) is 15.3. The maximum atomic E-state index is 5.83. The molecule has 3 heterocycles. The fourth-order valence-corrected chi connectivity index (χ4v) is 3.35. The lowest BCUT2D eigenvalue weighted by molar-refractivity contribution is 0.202. The molecular formula is C18H27N5O2. The molecule has 0 spiro atoms. The Morgan fingerprint density at radius 3 is 2.88 bits per heavy atom. The number of likely N-dealkylation sites (tertiary alicyclic amines) is 1. The summed E-state index contributed by atoms with van der Waals surface area (Å²) in [6, 6.07) is 0.504. The topological polar surface area (TPSA) is 71.4 Å². The van der Waals surface area contributed by atoms with Crippen LogP contribution in [0, 0.1) is 0 Å². The third-order valence-corrected chi connectivity index (χ3v) is 5.17. The Bertz CT molecular complexity index is 706. The molecule has 7 nitrogen and oxygen atoms in total. The summed E-state index contributed by atoms with van der Waals surface area (Å²) >= 11 is 0. The molecule has 0 aromatic carbocycles. The van der Waals surface area contributed by atoms with E-state index in [1.807, 2.05) is 6.20 Å². The summed E-state index contributed by atoms with van der Waals surface area (Å²) in [5.41, 5.74) is 0. The first kappa shape index (κ1) is 16.7. The van der Waals surface area contributed by atoms with Crippen molar-refractivity contribution in [3.63, 3.8) is 0 Å². The van der Waals surface area contributed by atoms with Crippen molar-refractivity contribution in [3.05, 3.63) is 29.6 Å². The lowest BCUT2D eigenvalue weighted by Crippen LogP contribution is -2.34. The quantitative estimate of drug-likeness (QED) is 0.764. The fourth-order valence-electron chi connectivity index (χ4n) is 3.35. The van der Waals surface area contributed by atoms with Gasteiger partial charge in [-0.2, -0.15) is 4.98 Å². The molecule has 1 saturated heterocycles. The van der Waals surface area contributed by atoms with Crippen LogP contribution in [0.2, 0.25) is 0 Å². The highest BCUT2D eigenvalue weighted by atomic mass is 16.5. The van der Waals surface area contributed by atoms with Crippen LogP contribution < -0.4 is 0 Å². The van der Waals surface area contributed by atoms with Crippen molar-refractivity contribution in [2.24, 2.45) is 0 Å².